The van der Waals surface area contributed by atoms with Crippen molar-refractivity contribution in [2.75, 3.05) is 31.5 Å². The molecule has 3 aromatic rings. The van der Waals surface area contributed by atoms with E-state index in [9.17, 15) is 5.26 Å². The molecule has 1 aliphatic rings. The van der Waals surface area contributed by atoms with E-state index in [1.54, 1.807) is 4.90 Å². The van der Waals surface area contributed by atoms with Crippen LogP contribution >= 0.6 is 0 Å². The highest BCUT2D eigenvalue weighted by Crippen LogP contribution is 2.36. The Morgan fingerprint density at radius 1 is 1.19 bits per heavy atom. The Morgan fingerprint density at radius 3 is 2.73 bits per heavy atom. The second-order valence-electron chi connectivity index (χ2n) is 7.04. The van der Waals surface area contributed by atoms with Gasteiger partial charge in [0.25, 0.3) is 0 Å². The van der Waals surface area contributed by atoms with Gasteiger partial charge in [0, 0.05) is 0 Å². The van der Waals surface area contributed by atoms with Gasteiger partial charge in [-0.1, -0.05) is 12.1 Å². The number of likely N-dealkylation sites (N-methyl/N-ethyl adjacent to an activating group) is 1. The van der Waals surface area contributed by atoms with Crippen molar-refractivity contribution in [2.45, 2.75) is 33.1 Å². The molecule has 0 atom stereocenters. The highest BCUT2D eigenvalue weighted by atomic mass is 15.2. The summed E-state index contributed by atoms with van der Waals surface area (Å²) in [5.74, 6) is 1.15. The van der Waals surface area contributed by atoms with Crippen molar-refractivity contribution in [3.05, 3.63) is 41.0 Å². The molecule has 0 radical (unpaired) electrons. The molecule has 0 saturated heterocycles. The molecule has 0 bridgehead atoms. The van der Waals surface area contributed by atoms with Gasteiger partial charge in [-0.3, -0.25) is 4.40 Å². The lowest BCUT2D eigenvalue weighted by molar-refractivity contribution is -0.894. The maximum Gasteiger partial charge on any atom is 0.157 e. The first-order valence-electron chi connectivity index (χ1n) is 9.70. The number of pyridine rings is 1. The molecule has 0 amide bonds. The Hall–Kier alpha value is -2.58. The third-order valence-electron chi connectivity index (χ3n) is 5.70. The number of nitriles is 1. The van der Waals surface area contributed by atoms with Crippen molar-refractivity contribution in [3.63, 3.8) is 0 Å². The van der Waals surface area contributed by atoms with Gasteiger partial charge in [-0.25, -0.2) is 4.98 Å². The first kappa shape index (κ1) is 16.9. The summed E-state index contributed by atoms with van der Waals surface area (Å²) in [7, 11) is 0. The van der Waals surface area contributed by atoms with Crippen molar-refractivity contribution < 1.29 is 4.90 Å². The van der Waals surface area contributed by atoms with Gasteiger partial charge < -0.3 is 10.2 Å². The Labute approximate surface area is 154 Å². The van der Waals surface area contributed by atoms with Crippen molar-refractivity contribution >= 4 is 22.5 Å². The molecule has 134 valence electrons. The van der Waals surface area contributed by atoms with E-state index in [0.717, 1.165) is 73.5 Å². The minimum atomic E-state index is 0.758. The van der Waals surface area contributed by atoms with E-state index in [-0.39, 0.29) is 0 Å². The van der Waals surface area contributed by atoms with Crippen LogP contribution in [0.25, 0.3) is 16.7 Å². The fourth-order valence-electron chi connectivity index (χ4n) is 4.24. The van der Waals surface area contributed by atoms with Gasteiger partial charge in [-0.2, -0.15) is 5.26 Å². The van der Waals surface area contributed by atoms with Gasteiger partial charge >= 0.3 is 0 Å². The minimum Gasteiger partial charge on any atom is -0.365 e. The fraction of sp³-hybridized carbons (Fsp3) is 0.429. The molecule has 5 nitrogen and oxygen atoms in total. The summed E-state index contributed by atoms with van der Waals surface area (Å²) in [6.45, 7) is 8.78. The maximum atomic E-state index is 9.80. The third-order valence-corrected chi connectivity index (χ3v) is 5.70. The number of anilines is 1. The van der Waals surface area contributed by atoms with Crippen LogP contribution in [-0.2, 0) is 12.8 Å². The minimum absolute atomic E-state index is 0.758. The number of imidazole rings is 1. The van der Waals surface area contributed by atoms with Crippen molar-refractivity contribution in [2.24, 2.45) is 0 Å². The summed E-state index contributed by atoms with van der Waals surface area (Å²) < 4.78 is 2.18. The largest absolute Gasteiger partial charge is 0.365 e. The Bertz CT molecular complexity index is 991. The first-order chi connectivity index (χ1) is 12.8. The van der Waals surface area contributed by atoms with Crippen LogP contribution in [0.4, 0.5) is 5.82 Å². The lowest BCUT2D eigenvalue weighted by atomic mass is 10.1. The van der Waals surface area contributed by atoms with Crippen LogP contribution < -0.4 is 10.2 Å². The maximum absolute atomic E-state index is 9.80. The zero-order valence-corrected chi connectivity index (χ0v) is 15.6. The van der Waals surface area contributed by atoms with Crippen LogP contribution in [0.3, 0.4) is 0 Å². The van der Waals surface area contributed by atoms with Gasteiger partial charge in [-0.15, -0.1) is 0 Å². The molecular weight excluding hydrogens is 322 g/mol. The summed E-state index contributed by atoms with van der Waals surface area (Å²) in [5.41, 5.74) is 6.09. The second-order valence-corrected chi connectivity index (χ2v) is 7.04. The number of fused-ring (bicyclic) bond motifs is 4. The van der Waals surface area contributed by atoms with Crippen LogP contribution in [0.15, 0.2) is 24.3 Å². The van der Waals surface area contributed by atoms with Crippen molar-refractivity contribution in [1.29, 1.82) is 5.26 Å². The molecule has 2 heterocycles. The van der Waals surface area contributed by atoms with E-state index in [2.05, 4.69) is 35.7 Å². The fourth-order valence-corrected chi connectivity index (χ4v) is 4.24. The lowest BCUT2D eigenvalue weighted by Crippen LogP contribution is -3.12. The SMILES string of the molecule is CC[NH+](CC)CCNc1c2c(c(C#N)c3nc4ccccc4n13)CCC2. The van der Waals surface area contributed by atoms with Gasteiger partial charge in [-0.05, 0) is 56.4 Å². The van der Waals surface area contributed by atoms with Crippen LogP contribution in [-0.4, -0.2) is 35.6 Å². The molecule has 5 heteroatoms. The number of para-hydroxylation sites is 2. The molecule has 26 heavy (non-hydrogen) atoms. The van der Waals surface area contributed by atoms with Crippen LogP contribution in [0, 0.1) is 11.3 Å². The topological polar surface area (TPSA) is 57.6 Å². The van der Waals surface area contributed by atoms with E-state index < -0.39 is 0 Å². The molecule has 0 fully saturated rings. The summed E-state index contributed by atoms with van der Waals surface area (Å²) in [5, 5.41) is 13.5. The Kier molecular flexibility index (Phi) is 4.52. The molecule has 1 aromatic carbocycles. The number of hydrogen-bond acceptors (Lipinski definition) is 3. The lowest BCUT2D eigenvalue weighted by Gasteiger charge is -2.19. The zero-order chi connectivity index (χ0) is 18.1. The smallest absolute Gasteiger partial charge is 0.157 e. The highest BCUT2D eigenvalue weighted by Gasteiger charge is 2.25. The number of hydrogen-bond donors (Lipinski definition) is 2. The average Bonchev–Trinajstić information content (AvgIpc) is 3.29. The summed E-state index contributed by atoms with van der Waals surface area (Å²) >= 11 is 0. The van der Waals surface area contributed by atoms with Crippen LogP contribution in [0.1, 0.15) is 37.0 Å². The third kappa shape index (κ3) is 2.62. The van der Waals surface area contributed by atoms with Gasteiger partial charge in [0.15, 0.2) is 5.65 Å². The molecular formula is C21H26N5+. The number of benzene rings is 1. The summed E-state index contributed by atoms with van der Waals surface area (Å²) in [4.78, 5) is 6.39. The summed E-state index contributed by atoms with van der Waals surface area (Å²) in [6.07, 6.45) is 3.13. The molecule has 0 aliphatic heterocycles. The molecule has 2 aromatic heterocycles. The molecule has 0 unspecified atom stereocenters. The standard InChI is InChI=1S/C21H25N5/c1-3-25(4-2)13-12-23-20-16-9-7-8-15(16)17(14-22)21-24-18-10-5-6-11-19(18)26(20)21/h5-6,10-11,23H,3-4,7-9,12-13H2,1-2H3/p+1. The first-order valence-corrected chi connectivity index (χ1v) is 9.70. The van der Waals surface area contributed by atoms with Gasteiger partial charge in [0.1, 0.15) is 11.9 Å². The van der Waals surface area contributed by atoms with E-state index in [0.29, 0.717) is 0 Å². The number of aromatic nitrogens is 2. The monoisotopic (exact) mass is 348 g/mol. The van der Waals surface area contributed by atoms with Crippen LogP contribution in [0.2, 0.25) is 0 Å². The average molecular weight is 348 g/mol. The Morgan fingerprint density at radius 2 is 1.96 bits per heavy atom. The normalized spacial score (nSPS) is 13.5. The van der Waals surface area contributed by atoms with E-state index in [4.69, 9.17) is 4.98 Å². The number of nitrogens with one attached hydrogen (secondary N) is 2. The predicted octanol–water partition coefficient (Wildman–Crippen LogP) is 2.18. The van der Waals surface area contributed by atoms with E-state index in [1.807, 2.05) is 18.2 Å². The molecule has 1 aliphatic carbocycles. The van der Waals surface area contributed by atoms with Crippen LogP contribution in [0.5, 0.6) is 0 Å². The second kappa shape index (κ2) is 6.97. The molecule has 0 spiro atoms. The number of nitrogens with zero attached hydrogens (tertiary/aromatic N) is 3. The van der Waals surface area contributed by atoms with Gasteiger partial charge in [0.2, 0.25) is 0 Å². The summed E-state index contributed by atoms with van der Waals surface area (Å²) in [6, 6.07) is 10.6. The van der Waals surface area contributed by atoms with Crippen molar-refractivity contribution in [1.82, 2.24) is 9.38 Å². The highest BCUT2D eigenvalue weighted by molar-refractivity contribution is 5.86. The Balaban J connectivity index is 1.86. The number of quaternary nitrogens is 1. The molecule has 0 saturated carbocycles. The van der Waals surface area contributed by atoms with Gasteiger partial charge in [0.05, 0.1) is 42.8 Å². The number of rotatable bonds is 6. The quantitative estimate of drug-likeness (QED) is 0.718. The molecule has 2 N–H and O–H groups in total. The van der Waals surface area contributed by atoms with E-state index >= 15 is 0 Å². The van der Waals surface area contributed by atoms with E-state index in [1.165, 1.54) is 11.1 Å². The zero-order valence-electron chi connectivity index (χ0n) is 15.6. The molecule has 4 rings (SSSR count). The predicted molar refractivity (Wildman–Crippen MR) is 105 cm³/mol. The van der Waals surface area contributed by atoms with Crippen molar-refractivity contribution in [3.8, 4) is 6.07 Å².